The number of ether oxygens (including phenoxy) is 1. The van der Waals surface area contributed by atoms with Crippen LogP contribution in [-0.4, -0.2) is 67.6 Å². The van der Waals surface area contributed by atoms with E-state index in [9.17, 15) is 4.79 Å². The molecule has 0 aromatic heterocycles. The highest BCUT2D eigenvalue weighted by Crippen LogP contribution is 2.14. The molecule has 1 fully saturated rings. The lowest BCUT2D eigenvalue weighted by molar-refractivity contribution is -0.137. The smallest absolute Gasteiger partial charge is 0.165 e. The number of carbonyl (C=O) groups excluding carboxylic acids is 1. The standard InChI is InChI=1S/C14H28N2O2/c1-6-12-11-16(10-9-15(12)4)8-7-13(17)14(2,3)18-5/h12H,6-11H2,1-5H3. The number of carbonyl (C=O) groups is 1. The Balaban J connectivity index is 2.38. The zero-order valence-corrected chi connectivity index (χ0v) is 12.5. The molecule has 4 heteroatoms. The molecule has 1 rings (SSSR count). The van der Waals surface area contributed by atoms with Gasteiger partial charge in [-0.25, -0.2) is 0 Å². The number of nitrogens with zero attached hydrogens (tertiary/aromatic N) is 2. The van der Waals surface area contributed by atoms with E-state index in [0.29, 0.717) is 12.5 Å². The van der Waals surface area contributed by atoms with Gasteiger partial charge < -0.3 is 14.5 Å². The van der Waals surface area contributed by atoms with Crippen molar-refractivity contribution >= 4 is 5.78 Å². The summed E-state index contributed by atoms with van der Waals surface area (Å²) in [6.45, 7) is 10.0. The zero-order chi connectivity index (χ0) is 13.8. The maximum absolute atomic E-state index is 12.0. The Labute approximate surface area is 111 Å². The summed E-state index contributed by atoms with van der Waals surface area (Å²) in [4.78, 5) is 16.8. The molecule has 1 atom stereocenters. The Hall–Kier alpha value is -0.450. The third-order valence-electron chi connectivity index (χ3n) is 4.17. The number of piperazine rings is 1. The second kappa shape index (κ2) is 6.64. The summed E-state index contributed by atoms with van der Waals surface area (Å²) in [5.74, 6) is 0.192. The SMILES string of the molecule is CCC1CN(CCC(=O)C(C)(C)OC)CCN1C. The lowest BCUT2D eigenvalue weighted by Crippen LogP contribution is -2.51. The van der Waals surface area contributed by atoms with E-state index in [1.165, 1.54) is 6.42 Å². The van der Waals surface area contributed by atoms with E-state index in [-0.39, 0.29) is 5.78 Å². The number of likely N-dealkylation sites (N-methyl/N-ethyl adjacent to an activating group) is 1. The van der Waals surface area contributed by atoms with Gasteiger partial charge >= 0.3 is 0 Å². The van der Waals surface area contributed by atoms with Gasteiger partial charge in [-0.3, -0.25) is 4.79 Å². The first-order chi connectivity index (χ1) is 8.40. The zero-order valence-electron chi connectivity index (χ0n) is 12.5. The van der Waals surface area contributed by atoms with Crippen LogP contribution in [0.15, 0.2) is 0 Å². The predicted molar refractivity (Wildman–Crippen MR) is 73.9 cm³/mol. The van der Waals surface area contributed by atoms with Crippen LogP contribution in [0, 0.1) is 0 Å². The number of methoxy groups -OCH3 is 1. The van der Waals surface area contributed by atoms with Crippen molar-refractivity contribution in [1.29, 1.82) is 0 Å². The summed E-state index contributed by atoms with van der Waals surface area (Å²) in [6, 6.07) is 0.629. The van der Waals surface area contributed by atoms with Gasteiger partial charge in [0.05, 0.1) is 0 Å². The molecule has 1 aliphatic rings. The summed E-state index contributed by atoms with van der Waals surface area (Å²) < 4.78 is 5.22. The molecule has 0 radical (unpaired) electrons. The van der Waals surface area contributed by atoms with Crippen LogP contribution in [0.4, 0.5) is 0 Å². The summed E-state index contributed by atoms with van der Waals surface area (Å²) in [7, 11) is 3.78. The first-order valence-electron chi connectivity index (χ1n) is 6.91. The molecule has 106 valence electrons. The Bertz CT molecular complexity index is 279. The Morgan fingerprint density at radius 3 is 2.61 bits per heavy atom. The molecule has 1 saturated heterocycles. The summed E-state index contributed by atoms with van der Waals surface area (Å²) in [5.41, 5.74) is -0.642. The van der Waals surface area contributed by atoms with Crippen LogP contribution in [0.1, 0.15) is 33.6 Å². The van der Waals surface area contributed by atoms with Gasteiger partial charge in [-0.1, -0.05) is 6.92 Å². The molecule has 4 nitrogen and oxygen atoms in total. The molecule has 18 heavy (non-hydrogen) atoms. The molecule has 0 aromatic carbocycles. The quantitative estimate of drug-likeness (QED) is 0.719. The van der Waals surface area contributed by atoms with E-state index in [1.807, 2.05) is 13.8 Å². The highest BCUT2D eigenvalue weighted by atomic mass is 16.5. The largest absolute Gasteiger partial charge is 0.371 e. The predicted octanol–water partition coefficient (Wildman–Crippen LogP) is 1.40. The molecule has 0 saturated carbocycles. The molecule has 0 aromatic rings. The second-order valence-corrected chi connectivity index (χ2v) is 5.73. The van der Waals surface area contributed by atoms with Crippen LogP contribution >= 0.6 is 0 Å². The molecule has 0 bridgehead atoms. The van der Waals surface area contributed by atoms with Crippen LogP contribution in [-0.2, 0) is 9.53 Å². The first kappa shape index (κ1) is 15.6. The van der Waals surface area contributed by atoms with E-state index >= 15 is 0 Å². The first-order valence-corrected chi connectivity index (χ1v) is 6.91. The van der Waals surface area contributed by atoms with Crippen molar-refractivity contribution in [2.75, 3.05) is 40.3 Å². The summed E-state index contributed by atoms with van der Waals surface area (Å²) in [6.07, 6.45) is 1.76. The van der Waals surface area contributed by atoms with Gasteiger partial charge in [-0.2, -0.15) is 0 Å². The van der Waals surface area contributed by atoms with Crippen LogP contribution in [0.2, 0.25) is 0 Å². The van der Waals surface area contributed by atoms with Crippen molar-refractivity contribution in [2.45, 2.75) is 45.3 Å². The van der Waals surface area contributed by atoms with Crippen molar-refractivity contribution in [3.63, 3.8) is 0 Å². The van der Waals surface area contributed by atoms with Crippen LogP contribution in [0.3, 0.4) is 0 Å². The molecule has 1 heterocycles. The fourth-order valence-corrected chi connectivity index (χ4v) is 2.33. The minimum Gasteiger partial charge on any atom is -0.371 e. The monoisotopic (exact) mass is 256 g/mol. The number of rotatable bonds is 6. The van der Waals surface area contributed by atoms with E-state index in [4.69, 9.17) is 4.74 Å². The van der Waals surface area contributed by atoms with Gasteiger partial charge in [0.2, 0.25) is 0 Å². The topological polar surface area (TPSA) is 32.8 Å². The normalized spacial score (nSPS) is 23.3. The molecule has 1 aliphatic heterocycles. The van der Waals surface area contributed by atoms with E-state index < -0.39 is 5.60 Å². The van der Waals surface area contributed by atoms with Crippen molar-refractivity contribution in [3.05, 3.63) is 0 Å². The molecular weight excluding hydrogens is 228 g/mol. The lowest BCUT2D eigenvalue weighted by atomic mass is 10.00. The van der Waals surface area contributed by atoms with E-state index in [2.05, 4.69) is 23.8 Å². The third-order valence-corrected chi connectivity index (χ3v) is 4.17. The number of hydrogen-bond donors (Lipinski definition) is 0. The van der Waals surface area contributed by atoms with Crippen LogP contribution in [0.25, 0.3) is 0 Å². The lowest BCUT2D eigenvalue weighted by Gasteiger charge is -2.39. The van der Waals surface area contributed by atoms with Crippen molar-refractivity contribution < 1.29 is 9.53 Å². The van der Waals surface area contributed by atoms with Crippen molar-refractivity contribution in [1.82, 2.24) is 9.80 Å². The number of Topliss-reactive ketones (excluding diaryl/α,β-unsaturated/α-hetero) is 1. The minimum absolute atomic E-state index is 0.192. The molecule has 0 spiro atoms. The molecule has 0 N–H and O–H groups in total. The Kier molecular flexibility index (Phi) is 5.76. The molecule has 0 amide bonds. The van der Waals surface area contributed by atoms with Gasteiger partial charge in [-0.05, 0) is 27.3 Å². The molecule has 1 unspecified atom stereocenters. The van der Waals surface area contributed by atoms with Crippen molar-refractivity contribution in [2.24, 2.45) is 0 Å². The van der Waals surface area contributed by atoms with Gasteiger partial charge in [0.25, 0.3) is 0 Å². The van der Waals surface area contributed by atoms with E-state index in [1.54, 1.807) is 7.11 Å². The molecule has 0 aliphatic carbocycles. The van der Waals surface area contributed by atoms with Gasteiger partial charge in [0.15, 0.2) is 5.78 Å². The highest BCUT2D eigenvalue weighted by molar-refractivity contribution is 5.86. The number of ketones is 1. The second-order valence-electron chi connectivity index (χ2n) is 5.73. The fraction of sp³-hybridized carbons (Fsp3) is 0.929. The van der Waals surface area contributed by atoms with Gasteiger partial charge in [0, 0.05) is 45.8 Å². The van der Waals surface area contributed by atoms with E-state index in [0.717, 1.165) is 26.2 Å². The Morgan fingerprint density at radius 2 is 2.06 bits per heavy atom. The van der Waals surface area contributed by atoms with Crippen molar-refractivity contribution in [3.8, 4) is 0 Å². The summed E-state index contributed by atoms with van der Waals surface area (Å²) >= 11 is 0. The average Bonchev–Trinajstić information content (AvgIpc) is 2.37. The molecular formula is C14H28N2O2. The number of hydrogen-bond acceptors (Lipinski definition) is 4. The third kappa shape index (κ3) is 4.04. The van der Waals surface area contributed by atoms with Gasteiger partial charge in [0.1, 0.15) is 5.60 Å². The maximum atomic E-state index is 12.0. The minimum atomic E-state index is -0.642. The summed E-state index contributed by atoms with van der Waals surface area (Å²) in [5, 5.41) is 0. The average molecular weight is 256 g/mol. The van der Waals surface area contributed by atoms with Crippen LogP contribution in [0.5, 0.6) is 0 Å². The maximum Gasteiger partial charge on any atom is 0.165 e. The van der Waals surface area contributed by atoms with Crippen LogP contribution < -0.4 is 0 Å². The Morgan fingerprint density at radius 1 is 1.39 bits per heavy atom. The highest BCUT2D eigenvalue weighted by Gasteiger charge is 2.28. The van der Waals surface area contributed by atoms with Gasteiger partial charge in [-0.15, -0.1) is 0 Å². The fourth-order valence-electron chi connectivity index (χ4n) is 2.33.